The van der Waals surface area contributed by atoms with Gasteiger partial charge in [0.25, 0.3) is 5.91 Å². The van der Waals surface area contributed by atoms with Crippen molar-refractivity contribution in [2.45, 2.75) is 0 Å². The lowest BCUT2D eigenvalue weighted by atomic mass is 10.1. The number of benzene rings is 3. The third-order valence-corrected chi connectivity index (χ3v) is 5.28. The van der Waals surface area contributed by atoms with E-state index in [9.17, 15) is 9.90 Å². The third-order valence-electron chi connectivity index (χ3n) is 4.66. The molecule has 0 aliphatic carbocycles. The van der Waals surface area contributed by atoms with Crippen LogP contribution in [0.1, 0.15) is 11.1 Å². The van der Waals surface area contributed by atoms with E-state index < -0.39 is 0 Å². The van der Waals surface area contributed by atoms with Crippen LogP contribution >= 0.6 is 15.9 Å². The Kier molecular flexibility index (Phi) is 5.23. The number of anilines is 1. The summed E-state index contributed by atoms with van der Waals surface area (Å²) in [6.07, 6.45) is 3.75. The van der Waals surface area contributed by atoms with E-state index in [0.717, 1.165) is 27.0 Å². The van der Waals surface area contributed by atoms with Crippen molar-refractivity contribution >= 4 is 39.3 Å². The van der Waals surface area contributed by atoms with E-state index in [1.807, 2.05) is 60.7 Å². The molecule has 1 N–H and O–H groups in total. The molecule has 29 heavy (non-hydrogen) atoms. The van der Waals surface area contributed by atoms with E-state index in [2.05, 4.69) is 15.9 Å². The molecule has 1 amide bonds. The molecule has 3 aromatic carbocycles. The van der Waals surface area contributed by atoms with Gasteiger partial charge in [0.1, 0.15) is 11.5 Å². The minimum atomic E-state index is -0.124. The number of nitrogens with zero attached hydrogens (tertiary/aromatic N) is 1. The van der Waals surface area contributed by atoms with Crippen LogP contribution in [0.5, 0.6) is 11.5 Å². The topological polar surface area (TPSA) is 49.8 Å². The molecule has 0 fully saturated rings. The Morgan fingerprint density at radius 1 is 1.00 bits per heavy atom. The molecule has 5 heteroatoms. The highest BCUT2D eigenvalue weighted by atomic mass is 79.9. The van der Waals surface area contributed by atoms with Gasteiger partial charge < -0.3 is 9.84 Å². The molecule has 0 atom stereocenters. The molecule has 0 aromatic heterocycles. The molecule has 1 aliphatic rings. The zero-order valence-electron chi connectivity index (χ0n) is 15.7. The second kappa shape index (κ2) is 7.97. The zero-order valence-corrected chi connectivity index (χ0v) is 17.3. The number of carbonyl (C=O) groups excluding carboxylic acids is 1. The van der Waals surface area contributed by atoms with Crippen LogP contribution in [-0.4, -0.2) is 18.1 Å². The van der Waals surface area contributed by atoms with Crippen LogP contribution in [-0.2, 0) is 4.79 Å². The fourth-order valence-electron chi connectivity index (χ4n) is 3.25. The lowest BCUT2D eigenvalue weighted by Crippen LogP contribution is -2.24. The van der Waals surface area contributed by atoms with Crippen LogP contribution in [0.4, 0.5) is 5.69 Å². The summed E-state index contributed by atoms with van der Waals surface area (Å²) < 4.78 is 6.10. The Balaban J connectivity index is 1.79. The SMILES string of the molecule is COc1ccc(/C=C2/C=C(c3ccccc3)N(c3ccc(O)cc3)C2=O)cc1Br. The minimum Gasteiger partial charge on any atom is -0.508 e. The summed E-state index contributed by atoms with van der Waals surface area (Å²) in [5, 5.41) is 9.62. The van der Waals surface area contributed by atoms with Gasteiger partial charge in [-0.05, 0) is 75.6 Å². The van der Waals surface area contributed by atoms with Gasteiger partial charge in [0.15, 0.2) is 0 Å². The number of phenolic OH excluding ortho intramolecular Hbond substituents is 1. The molecule has 0 radical (unpaired) electrons. The standard InChI is InChI=1S/C24H18BrNO3/c1-29-23-12-7-16(14-21(23)25)13-18-15-22(17-5-3-2-4-6-17)26(24(18)28)19-8-10-20(27)11-9-19/h2-15,27H,1H3/b18-13-. The molecule has 1 heterocycles. The van der Waals surface area contributed by atoms with Crippen LogP contribution in [0.15, 0.2) is 88.9 Å². The van der Waals surface area contributed by atoms with Crippen molar-refractivity contribution < 1.29 is 14.6 Å². The van der Waals surface area contributed by atoms with Gasteiger partial charge in [0.05, 0.1) is 17.3 Å². The molecule has 1 aliphatic heterocycles. The number of ether oxygens (including phenoxy) is 1. The number of carbonyl (C=O) groups is 1. The average molecular weight is 448 g/mol. The Bertz CT molecular complexity index is 1120. The van der Waals surface area contributed by atoms with E-state index >= 15 is 0 Å². The second-order valence-electron chi connectivity index (χ2n) is 6.55. The Morgan fingerprint density at radius 3 is 2.38 bits per heavy atom. The number of amides is 1. The van der Waals surface area contributed by atoms with Gasteiger partial charge in [-0.15, -0.1) is 0 Å². The zero-order chi connectivity index (χ0) is 20.4. The Hall–Kier alpha value is -3.31. The summed E-state index contributed by atoms with van der Waals surface area (Å²) in [6, 6.07) is 22.1. The monoisotopic (exact) mass is 447 g/mol. The highest BCUT2D eigenvalue weighted by molar-refractivity contribution is 9.10. The molecule has 3 aromatic rings. The van der Waals surface area contributed by atoms with Crippen LogP contribution in [0, 0.1) is 0 Å². The highest BCUT2D eigenvalue weighted by Gasteiger charge is 2.30. The maximum absolute atomic E-state index is 13.3. The van der Waals surface area contributed by atoms with Gasteiger partial charge in [-0.1, -0.05) is 36.4 Å². The summed E-state index contributed by atoms with van der Waals surface area (Å²) in [5.74, 6) is 0.766. The molecule has 0 saturated carbocycles. The number of phenols is 1. The van der Waals surface area contributed by atoms with Gasteiger partial charge >= 0.3 is 0 Å². The number of methoxy groups -OCH3 is 1. The Morgan fingerprint density at radius 2 is 1.72 bits per heavy atom. The van der Waals surface area contributed by atoms with Crippen molar-refractivity contribution in [2.75, 3.05) is 12.0 Å². The smallest absolute Gasteiger partial charge is 0.262 e. The normalized spacial score (nSPS) is 15.0. The van der Waals surface area contributed by atoms with Crippen LogP contribution in [0.2, 0.25) is 0 Å². The van der Waals surface area contributed by atoms with Crippen molar-refractivity contribution in [3.05, 3.63) is 100 Å². The van der Waals surface area contributed by atoms with Crippen molar-refractivity contribution in [1.29, 1.82) is 0 Å². The first-order valence-electron chi connectivity index (χ1n) is 9.02. The largest absolute Gasteiger partial charge is 0.508 e. The summed E-state index contributed by atoms with van der Waals surface area (Å²) in [6.45, 7) is 0. The summed E-state index contributed by atoms with van der Waals surface area (Å²) in [4.78, 5) is 15.0. The molecule has 0 bridgehead atoms. The first-order valence-corrected chi connectivity index (χ1v) is 9.82. The molecule has 144 valence electrons. The van der Waals surface area contributed by atoms with Gasteiger partial charge in [-0.3, -0.25) is 9.69 Å². The summed E-state index contributed by atoms with van der Waals surface area (Å²) in [7, 11) is 1.61. The molecule has 0 spiro atoms. The molecule has 4 nitrogen and oxygen atoms in total. The van der Waals surface area contributed by atoms with E-state index in [0.29, 0.717) is 11.3 Å². The van der Waals surface area contributed by atoms with Crippen LogP contribution in [0.3, 0.4) is 0 Å². The fraction of sp³-hybridized carbons (Fsp3) is 0.0417. The van der Waals surface area contributed by atoms with Gasteiger partial charge in [0, 0.05) is 11.3 Å². The van der Waals surface area contributed by atoms with Crippen molar-refractivity contribution in [3.63, 3.8) is 0 Å². The lowest BCUT2D eigenvalue weighted by Gasteiger charge is -2.20. The summed E-state index contributed by atoms with van der Waals surface area (Å²) >= 11 is 3.49. The number of aromatic hydroxyl groups is 1. The molecule has 0 saturated heterocycles. The minimum absolute atomic E-state index is 0.124. The van der Waals surface area contributed by atoms with Gasteiger partial charge in [-0.25, -0.2) is 0 Å². The predicted molar refractivity (Wildman–Crippen MR) is 119 cm³/mol. The number of hydrogen-bond donors (Lipinski definition) is 1. The third kappa shape index (κ3) is 3.82. The van der Waals surface area contributed by atoms with E-state index in [4.69, 9.17) is 4.74 Å². The van der Waals surface area contributed by atoms with E-state index in [1.54, 1.807) is 36.3 Å². The van der Waals surface area contributed by atoms with Crippen LogP contribution in [0.25, 0.3) is 11.8 Å². The second-order valence-corrected chi connectivity index (χ2v) is 7.40. The maximum atomic E-state index is 13.3. The first-order chi connectivity index (χ1) is 14.1. The fourth-order valence-corrected chi connectivity index (χ4v) is 3.81. The Labute approximate surface area is 177 Å². The molecular weight excluding hydrogens is 430 g/mol. The van der Waals surface area contributed by atoms with Crippen molar-refractivity contribution in [3.8, 4) is 11.5 Å². The van der Waals surface area contributed by atoms with Gasteiger partial charge in [-0.2, -0.15) is 0 Å². The number of hydrogen-bond acceptors (Lipinski definition) is 3. The maximum Gasteiger partial charge on any atom is 0.262 e. The lowest BCUT2D eigenvalue weighted by molar-refractivity contribution is -0.113. The molecule has 4 rings (SSSR count). The van der Waals surface area contributed by atoms with Crippen LogP contribution < -0.4 is 9.64 Å². The summed E-state index contributed by atoms with van der Waals surface area (Å²) in [5.41, 5.74) is 3.89. The molecule has 0 unspecified atom stereocenters. The highest BCUT2D eigenvalue weighted by Crippen LogP contribution is 2.36. The van der Waals surface area contributed by atoms with Crippen molar-refractivity contribution in [2.24, 2.45) is 0 Å². The van der Waals surface area contributed by atoms with E-state index in [-0.39, 0.29) is 11.7 Å². The average Bonchev–Trinajstić information content (AvgIpc) is 3.06. The number of halogens is 1. The van der Waals surface area contributed by atoms with E-state index in [1.165, 1.54) is 0 Å². The predicted octanol–water partition coefficient (Wildman–Crippen LogP) is 5.63. The molecular formula is C24H18BrNO3. The van der Waals surface area contributed by atoms with Crippen molar-refractivity contribution in [1.82, 2.24) is 0 Å². The number of rotatable bonds is 4. The van der Waals surface area contributed by atoms with Gasteiger partial charge in [0.2, 0.25) is 0 Å². The quantitative estimate of drug-likeness (QED) is 0.526. The first kappa shape index (κ1) is 19.0.